The third-order valence-corrected chi connectivity index (χ3v) is 2.15. The molecule has 3 nitrogen and oxygen atoms in total. The summed E-state index contributed by atoms with van der Waals surface area (Å²) in [4.78, 5) is 4.20. The van der Waals surface area contributed by atoms with Crippen molar-refractivity contribution >= 4 is 0 Å². The Hall–Kier alpha value is -0.930. The van der Waals surface area contributed by atoms with E-state index in [1.807, 2.05) is 25.1 Å². The van der Waals surface area contributed by atoms with E-state index in [9.17, 15) is 0 Å². The van der Waals surface area contributed by atoms with Gasteiger partial charge in [0.2, 0.25) is 0 Å². The summed E-state index contributed by atoms with van der Waals surface area (Å²) >= 11 is 0. The number of pyridine rings is 1. The highest BCUT2D eigenvalue weighted by Crippen LogP contribution is 2.02. The minimum atomic E-state index is 0.0138. The van der Waals surface area contributed by atoms with Crippen LogP contribution in [-0.2, 0) is 11.2 Å². The van der Waals surface area contributed by atoms with Crippen LogP contribution in [0.1, 0.15) is 12.6 Å². The molecule has 72 valence electrons. The second kappa shape index (κ2) is 4.94. The summed E-state index contributed by atoms with van der Waals surface area (Å²) in [6.45, 7) is 1.97. The molecule has 0 aliphatic rings. The van der Waals surface area contributed by atoms with E-state index in [1.165, 1.54) is 0 Å². The van der Waals surface area contributed by atoms with Crippen LogP contribution >= 0.6 is 0 Å². The number of nitrogens with two attached hydrogens (primary N) is 1. The summed E-state index contributed by atoms with van der Waals surface area (Å²) in [6.07, 6.45) is 2.61. The summed E-state index contributed by atoms with van der Waals surface area (Å²) < 4.78 is 5.13. The second-order valence-corrected chi connectivity index (χ2v) is 3.13. The predicted octanol–water partition coefficient (Wildman–Crippen LogP) is 0.986. The van der Waals surface area contributed by atoms with E-state index >= 15 is 0 Å². The molecule has 0 fully saturated rings. The van der Waals surface area contributed by atoms with Crippen molar-refractivity contribution in [1.29, 1.82) is 0 Å². The van der Waals surface area contributed by atoms with E-state index in [0.717, 1.165) is 12.1 Å². The second-order valence-electron chi connectivity index (χ2n) is 3.13. The topological polar surface area (TPSA) is 48.1 Å². The third-order valence-electron chi connectivity index (χ3n) is 2.15. The minimum absolute atomic E-state index is 0.0138. The Kier molecular flexibility index (Phi) is 3.86. The summed E-state index contributed by atoms with van der Waals surface area (Å²) in [5.41, 5.74) is 6.91. The van der Waals surface area contributed by atoms with E-state index in [2.05, 4.69) is 4.98 Å². The number of hydrogen-bond acceptors (Lipinski definition) is 3. The monoisotopic (exact) mass is 180 g/mol. The first-order valence-corrected chi connectivity index (χ1v) is 4.42. The summed E-state index contributed by atoms with van der Waals surface area (Å²) in [5.74, 6) is 0. The van der Waals surface area contributed by atoms with Crippen LogP contribution in [-0.4, -0.2) is 24.2 Å². The molecule has 0 aromatic carbocycles. The molecular weight excluding hydrogens is 164 g/mol. The summed E-state index contributed by atoms with van der Waals surface area (Å²) in [5, 5.41) is 0. The SMILES string of the molecule is COC(C)C(N)Cc1ccccn1. The number of methoxy groups -OCH3 is 1. The third kappa shape index (κ3) is 3.13. The Morgan fingerprint density at radius 2 is 2.31 bits per heavy atom. The van der Waals surface area contributed by atoms with Crippen molar-refractivity contribution < 1.29 is 4.74 Å². The highest BCUT2D eigenvalue weighted by atomic mass is 16.5. The molecule has 1 aromatic heterocycles. The van der Waals surface area contributed by atoms with E-state index in [0.29, 0.717) is 0 Å². The molecule has 0 aliphatic heterocycles. The zero-order valence-corrected chi connectivity index (χ0v) is 8.10. The molecule has 0 aliphatic carbocycles. The molecule has 2 N–H and O–H groups in total. The minimum Gasteiger partial charge on any atom is -0.380 e. The fraction of sp³-hybridized carbons (Fsp3) is 0.500. The maximum absolute atomic E-state index is 5.89. The lowest BCUT2D eigenvalue weighted by Crippen LogP contribution is -2.36. The molecule has 0 saturated heterocycles. The van der Waals surface area contributed by atoms with Crippen LogP contribution in [0.4, 0.5) is 0 Å². The number of rotatable bonds is 4. The number of hydrogen-bond donors (Lipinski definition) is 1. The lowest BCUT2D eigenvalue weighted by atomic mass is 10.1. The molecule has 2 unspecified atom stereocenters. The fourth-order valence-electron chi connectivity index (χ4n) is 1.10. The maximum atomic E-state index is 5.89. The Morgan fingerprint density at radius 1 is 1.54 bits per heavy atom. The summed E-state index contributed by atoms with van der Waals surface area (Å²) in [6, 6.07) is 5.85. The number of ether oxygens (including phenoxy) is 1. The quantitative estimate of drug-likeness (QED) is 0.751. The highest BCUT2D eigenvalue weighted by Gasteiger charge is 2.12. The van der Waals surface area contributed by atoms with Crippen molar-refractivity contribution in [3.8, 4) is 0 Å². The Balaban J connectivity index is 2.50. The van der Waals surface area contributed by atoms with Crippen LogP contribution in [0.15, 0.2) is 24.4 Å². The van der Waals surface area contributed by atoms with E-state index < -0.39 is 0 Å². The fourth-order valence-corrected chi connectivity index (χ4v) is 1.10. The van der Waals surface area contributed by atoms with Gasteiger partial charge >= 0.3 is 0 Å². The molecule has 13 heavy (non-hydrogen) atoms. The van der Waals surface area contributed by atoms with Gasteiger partial charge in [-0.3, -0.25) is 4.98 Å². The molecule has 0 spiro atoms. The van der Waals surface area contributed by atoms with Gasteiger partial charge in [0.25, 0.3) is 0 Å². The van der Waals surface area contributed by atoms with Gasteiger partial charge in [0, 0.05) is 31.5 Å². The van der Waals surface area contributed by atoms with Gasteiger partial charge in [-0.15, -0.1) is 0 Å². The molecule has 0 saturated carbocycles. The van der Waals surface area contributed by atoms with Crippen molar-refractivity contribution in [2.24, 2.45) is 5.73 Å². The molecule has 1 rings (SSSR count). The molecule has 2 atom stereocenters. The molecule has 0 amide bonds. The molecule has 3 heteroatoms. The van der Waals surface area contributed by atoms with Gasteiger partial charge in [-0.2, -0.15) is 0 Å². The van der Waals surface area contributed by atoms with Crippen LogP contribution in [0.5, 0.6) is 0 Å². The number of aromatic nitrogens is 1. The van der Waals surface area contributed by atoms with Gasteiger partial charge in [0.05, 0.1) is 6.10 Å². The smallest absolute Gasteiger partial charge is 0.0697 e. The maximum Gasteiger partial charge on any atom is 0.0697 e. The van der Waals surface area contributed by atoms with Crippen molar-refractivity contribution in [3.63, 3.8) is 0 Å². The Morgan fingerprint density at radius 3 is 2.85 bits per heavy atom. The first kappa shape index (κ1) is 10.2. The van der Waals surface area contributed by atoms with Crippen LogP contribution < -0.4 is 5.73 Å². The van der Waals surface area contributed by atoms with Gasteiger partial charge in [-0.05, 0) is 19.1 Å². The van der Waals surface area contributed by atoms with Crippen LogP contribution in [0, 0.1) is 0 Å². The molecular formula is C10H16N2O. The lowest BCUT2D eigenvalue weighted by molar-refractivity contribution is 0.0953. The lowest BCUT2D eigenvalue weighted by Gasteiger charge is -2.17. The summed E-state index contributed by atoms with van der Waals surface area (Å²) in [7, 11) is 1.67. The van der Waals surface area contributed by atoms with Crippen molar-refractivity contribution in [2.45, 2.75) is 25.5 Å². The molecule has 1 aromatic rings. The van der Waals surface area contributed by atoms with Crippen LogP contribution in [0.2, 0.25) is 0 Å². The molecule has 0 bridgehead atoms. The van der Waals surface area contributed by atoms with Crippen LogP contribution in [0.25, 0.3) is 0 Å². The van der Waals surface area contributed by atoms with Crippen LogP contribution in [0.3, 0.4) is 0 Å². The zero-order valence-electron chi connectivity index (χ0n) is 8.10. The van der Waals surface area contributed by atoms with E-state index in [4.69, 9.17) is 10.5 Å². The first-order valence-electron chi connectivity index (χ1n) is 4.42. The zero-order chi connectivity index (χ0) is 9.68. The van der Waals surface area contributed by atoms with E-state index in [1.54, 1.807) is 13.3 Å². The normalized spacial score (nSPS) is 15.3. The highest BCUT2D eigenvalue weighted by molar-refractivity contribution is 5.05. The van der Waals surface area contributed by atoms with Crippen molar-refractivity contribution in [2.75, 3.05) is 7.11 Å². The predicted molar refractivity (Wildman–Crippen MR) is 52.4 cm³/mol. The molecule has 1 heterocycles. The van der Waals surface area contributed by atoms with Crippen molar-refractivity contribution in [3.05, 3.63) is 30.1 Å². The molecule has 0 radical (unpaired) electrons. The van der Waals surface area contributed by atoms with Gasteiger partial charge in [-0.1, -0.05) is 6.07 Å². The van der Waals surface area contributed by atoms with Gasteiger partial charge in [0.15, 0.2) is 0 Å². The Bertz CT molecular complexity index is 238. The first-order chi connectivity index (χ1) is 6.24. The van der Waals surface area contributed by atoms with Crippen molar-refractivity contribution in [1.82, 2.24) is 4.98 Å². The standard InChI is InChI=1S/C10H16N2O/c1-8(13-2)10(11)7-9-5-3-4-6-12-9/h3-6,8,10H,7,11H2,1-2H3. The largest absolute Gasteiger partial charge is 0.380 e. The van der Waals surface area contributed by atoms with Gasteiger partial charge in [0.1, 0.15) is 0 Å². The average Bonchev–Trinajstić information content (AvgIpc) is 2.18. The van der Waals surface area contributed by atoms with E-state index in [-0.39, 0.29) is 12.1 Å². The average molecular weight is 180 g/mol. The van der Waals surface area contributed by atoms with Gasteiger partial charge in [-0.25, -0.2) is 0 Å². The number of nitrogens with zero attached hydrogens (tertiary/aromatic N) is 1. The van der Waals surface area contributed by atoms with Gasteiger partial charge < -0.3 is 10.5 Å². The Labute approximate surface area is 78.9 Å².